The van der Waals surface area contributed by atoms with E-state index in [4.69, 9.17) is 9.26 Å². The summed E-state index contributed by atoms with van der Waals surface area (Å²) in [6.45, 7) is 5.21. The number of hydrogen-bond acceptors (Lipinski definition) is 8. The maximum Gasteiger partial charge on any atom is 0.353 e. The second-order valence-corrected chi connectivity index (χ2v) is 15.0. The number of nitrogens with zero attached hydrogens (tertiary/aromatic N) is 4. The van der Waals surface area contributed by atoms with E-state index in [0.717, 1.165) is 35.5 Å². The number of aryl methyl sites for hydroxylation is 1. The van der Waals surface area contributed by atoms with Gasteiger partial charge in [-0.15, -0.1) is 0 Å². The number of fused-ring (bicyclic) bond motifs is 1. The highest BCUT2D eigenvalue weighted by atomic mass is 33.1. The van der Waals surface area contributed by atoms with Gasteiger partial charge in [0.1, 0.15) is 18.2 Å². The van der Waals surface area contributed by atoms with Gasteiger partial charge >= 0.3 is 7.60 Å². The summed E-state index contributed by atoms with van der Waals surface area (Å²) in [5.74, 6) is 2.25. The van der Waals surface area contributed by atoms with Crippen LogP contribution in [0.3, 0.4) is 0 Å². The lowest BCUT2D eigenvalue weighted by Crippen LogP contribution is -2.08. The summed E-state index contributed by atoms with van der Waals surface area (Å²) in [6, 6.07) is 0. The van der Waals surface area contributed by atoms with Crippen molar-refractivity contribution in [1.82, 2.24) is 19.5 Å². The van der Waals surface area contributed by atoms with Crippen molar-refractivity contribution < 1.29 is 18.7 Å². The molecule has 0 amide bonds. The molecule has 1 N–H and O–H groups in total. The Hall–Kier alpha value is -0.640. The summed E-state index contributed by atoms with van der Waals surface area (Å²) in [4.78, 5) is 22.7. The fourth-order valence-electron chi connectivity index (χ4n) is 4.49. The molecule has 8 nitrogen and oxygen atoms in total. The van der Waals surface area contributed by atoms with Crippen LogP contribution in [0, 0.1) is 6.92 Å². The lowest BCUT2D eigenvalue weighted by molar-refractivity contribution is 0.137. The van der Waals surface area contributed by atoms with E-state index < -0.39 is 7.60 Å². The van der Waals surface area contributed by atoms with Gasteiger partial charge in [-0.25, -0.2) is 15.0 Å². The standard InChI is InChI=1S/C29H53N4O4PS2/c1-3-4-5-6-7-8-9-10-11-12-13-14-15-17-22-39-40-23-18-16-20-37-38(34,35)26-36-21-19-33-25-32-28-27(2)30-24-31-29(28)33/h24-25H,3-23,26H2,1-2H3,(H,34,35). The molecule has 1 unspecified atom stereocenters. The highest BCUT2D eigenvalue weighted by Crippen LogP contribution is 2.41. The summed E-state index contributed by atoms with van der Waals surface area (Å²) >= 11 is 0. The largest absolute Gasteiger partial charge is 0.367 e. The predicted octanol–water partition coefficient (Wildman–Crippen LogP) is 8.95. The Morgan fingerprint density at radius 3 is 2.00 bits per heavy atom. The highest BCUT2D eigenvalue weighted by molar-refractivity contribution is 8.76. The molecule has 2 aromatic heterocycles. The molecule has 0 bridgehead atoms. The van der Waals surface area contributed by atoms with Gasteiger partial charge in [0.05, 0.1) is 25.2 Å². The Balaban J connectivity index is 1.31. The van der Waals surface area contributed by atoms with Crippen LogP contribution in [-0.2, 0) is 20.4 Å². The molecule has 0 aliphatic carbocycles. The van der Waals surface area contributed by atoms with Gasteiger partial charge in [0.25, 0.3) is 0 Å². The number of hydrogen-bond donors (Lipinski definition) is 1. The molecule has 0 fully saturated rings. The first-order valence-corrected chi connectivity index (χ1v) is 19.7. The number of aromatic nitrogens is 4. The zero-order valence-corrected chi connectivity index (χ0v) is 27.5. The van der Waals surface area contributed by atoms with Gasteiger partial charge < -0.3 is 18.7 Å². The Labute approximate surface area is 250 Å². The van der Waals surface area contributed by atoms with Crippen LogP contribution in [0.15, 0.2) is 12.7 Å². The summed E-state index contributed by atoms with van der Waals surface area (Å²) in [6.07, 6.45) is 24.2. The smallest absolute Gasteiger partial charge is 0.353 e. The predicted molar refractivity (Wildman–Crippen MR) is 171 cm³/mol. The minimum absolute atomic E-state index is 0.273. The van der Waals surface area contributed by atoms with Gasteiger partial charge in [0.15, 0.2) is 5.65 Å². The van der Waals surface area contributed by atoms with Crippen molar-refractivity contribution in [2.75, 3.05) is 31.1 Å². The van der Waals surface area contributed by atoms with E-state index in [-0.39, 0.29) is 19.6 Å². The number of rotatable bonds is 27. The van der Waals surface area contributed by atoms with E-state index in [2.05, 4.69) is 21.9 Å². The molecule has 0 saturated carbocycles. The third-order valence-corrected chi connectivity index (χ3v) is 10.6. The topological polar surface area (TPSA) is 99.4 Å². The van der Waals surface area contributed by atoms with Crippen molar-refractivity contribution in [1.29, 1.82) is 0 Å². The van der Waals surface area contributed by atoms with Gasteiger partial charge in [-0.3, -0.25) is 4.57 Å². The molecule has 0 aliphatic rings. The fraction of sp³-hybridized carbons (Fsp3) is 0.828. The summed E-state index contributed by atoms with van der Waals surface area (Å²) < 4.78 is 24.7. The molecule has 40 heavy (non-hydrogen) atoms. The minimum atomic E-state index is -3.73. The van der Waals surface area contributed by atoms with E-state index in [1.165, 1.54) is 102 Å². The van der Waals surface area contributed by atoms with Crippen LogP contribution in [-0.4, -0.2) is 55.5 Å². The lowest BCUT2D eigenvalue weighted by atomic mass is 10.0. The van der Waals surface area contributed by atoms with E-state index in [1.807, 2.05) is 33.1 Å². The first-order chi connectivity index (χ1) is 19.5. The molecule has 0 spiro atoms. The Kier molecular flexibility index (Phi) is 20.4. The molecule has 0 radical (unpaired) electrons. The zero-order chi connectivity index (χ0) is 28.7. The summed E-state index contributed by atoms with van der Waals surface area (Å²) in [7, 11) is 0.120. The molecule has 2 aromatic rings. The molecule has 0 aliphatic heterocycles. The van der Waals surface area contributed by atoms with Crippen molar-refractivity contribution in [2.24, 2.45) is 0 Å². The maximum atomic E-state index is 12.2. The molecular weight excluding hydrogens is 563 g/mol. The van der Waals surface area contributed by atoms with Crippen LogP contribution in [0.1, 0.15) is 115 Å². The Morgan fingerprint density at radius 1 is 0.800 bits per heavy atom. The lowest BCUT2D eigenvalue weighted by Gasteiger charge is -2.12. The van der Waals surface area contributed by atoms with Crippen molar-refractivity contribution in [3.05, 3.63) is 18.3 Å². The van der Waals surface area contributed by atoms with Crippen LogP contribution in [0.25, 0.3) is 11.2 Å². The van der Waals surface area contributed by atoms with Gasteiger partial charge in [-0.2, -0.15) is 0 Å². The zero-order valence-electron chi connectivity index (χ0n) is 24.9. The average molecular weight is 617 g/mol. The summed E-state index contributed by atoms with van der Waals surface area (Å²) in [5, 5.41) is 0. The molecule has 11 heteroatoms. The number of unbranched alkanes of at least 4 members (excludes halogenated alkanes) is 14. The first kappa shape index (κ1) is 35.6. The fourth-order valence-corrected chi connectivity index (χ4v) is 7.63. The van der Waals surface area contributed by atoms with Crippen molar-refractivity contribution >= 4 is 40.3 Å². The summed E-state index contributed by atoms with van der Waals surface area (Å²) in [5.41, 5.74) is 2.31. The normalized spacial score (nSPS) is 13.3. The van der Waals surface area contributed by atoms with E-state index in [1.54, 1.807) is 6.33 Å². The van der Waals surface area contributed by atoms with Crippen LogP contribution >= 0.6 is 29.2 Å². The van der Waals surface area contributed by atoms with Crippen molar-refractivity contribution in [3.63, 3.8) is 0 Å². The molecular formula is C29H53N4O4PS2. The molecule has 2 rings (SSSR count). The van der Waals surface area contributed by atoms with Crippen molar-refractivity contribution in [2.45, 2.75) is 123 Å². The Morgan fingerprint density at radius 2 is 1.38 bits per heavy atom. The van der Waals surface area contributed by atoms with Crippen LogP contribution < -0.4 is 0 Å². The maximum absolute atomic E-state index is 12.2. The third-order valence-electron chi connectivity index (χ3n) is 6.89. The number of imidazole rings is 1. The monoisotopic (exact) mass is 616 g/mol. The van der Waals surface area contributed by atoms with E-state index >= 15 is 0 Å². The second kappa shape index (κ2) is 22.9. The van der Waals surface area contributed by atoms with Gasteiger partial charge in [-0.1, -0.05) is 112 Å². The molecule has 2 heterocycles. The van der Waals surface area contributed by atoms with Crippen LogP contribution in [0.4, 0.5) is 0 Å². The third kappa shape index (κ3) is 16.7. The van der Waals surface area contributed by atoms with E-state index in [9.17, 15) is 9.46 Å². The molecule has 230 valence electrons. The van der Waals surface area contributed by atoms with Gasteiger partial charge in [-0.05, 0) is 26.2 Å². The number of ether oxygens (including phenoxy) is 1. The quantitative estimate of drug-likeness (QED) is 0.0599. The van der Waals surface area contributed by atoms with Crippen LogP contribution in [0.5, 0.6) is 0 Å². The molecule has 1 atom stereocenters. The SMILES string of the molecule is CCCCCCCCCCCCCCCCSSCCCCOP(=O)(O)COCCn1cnc2c(C)ncnc21. The average Bonchev–Trinajstić information content (AvgIpc) is 3.36. The second-order valence-electron chi connectivity index (χ2n) is 10.5. The van der Waals surface area contributed by atoms with Crippen LogP contribution in [0.2, 0.25) is 0 Å². The molecule has 0 aromatic carbocycles. The van der Waals surface area contributed by atoms with E-state index in [0.29, 0.717) is 6.54 Å². The molecule has 0 saturated heterocycles. The van der Waals surface area contributed by atoms with Gasteiger partial charge in [0, 0.05) is 18.1 Å². The van der Waals surface area contributed by atoms with Gasteiger partial charge in [0.2, 0.25) is 0 Å². The minimum Gasteiger partial charge on any atom is -0.367 e. The highest BCUT2D eigenvalue weighted by Gasteiger charge is 2.19. The Bertz CT molecular complexity index is 950. The van der Waals surface area contributed by atoms with Crippen molar-refractivity contribution in [3.8, 4) is 0 Å². The first-order valence-electron chi connectivity index (χ1n) is 15.4.